The first-order valence-corrected chi connectivity index (χ1v) is 23.0. The summed E-state index contributed by atoms with van der Waals surface area (Å²) < 4.78 is 73.1. The van der Waals surface area contributed by atoms with Crippen molar-refractivity contribution < 1.29 is 40.8 Å². The molecule has 10 rings (SSSR count). The van der Waals surface area contributed by atoms with Crippen LogP contribution < -0.4 is 19.8 Å². The van der Waals surface area contributed by atoms with E-state index >= 15 is 8.78 Å². The Labute approximate surface area is 367 Å². The minimum absolute atomic E-state index is 0.00221. The van der Waals surface area contributed by atoms with Crippen LogP contribution in [0, 0.1) is 17.0 Å². The molecule has 5 aromatic rings. The highest BCUT2D eigenvalue weighted by Gasteiger charge is 2.41. The molecular formula is C46H45F3N8O6S. The van der Waals surface area contributed by atoms with E-state index in [1.54, 1.807) is 17.2 Å². The summed E-state index contributed by atoms with van der Waals surface area (Å²) in [4.78, 5) is 64.8. The molecule has 332 valence electrons. The summed E-state index contributed by atoms with van der Waals surface area (Å²) in [5.41, 5.74) is 4.13. The lowest BCUT2D eigenvalue weighted by Gasteiger charge is -2.48. The standard InChI is InChI=1S/C46H45F3N8O6S/c47-30-11-16-56(26-30)64(62,63)53-37-8-7-36(48)40(41(37)49)42(59)35-24-51-43-34(35)22-28(23-50-43)27-1-3-31(4-2-27)54-17-12-46(13-18-54)14-19-55(20-15-46)32-5-6-33-29(21-32)25-57(45(33)61)38-9-10-39(58)52-44(38)60/h1-8,21-24,30,38,53H,9-20,25-26H2,(H,50,51)(H,52,58,60)/t30-,38?/m1/s1. The van der Waals surface area contributed by atoms with Crippen molar-refractivity contribution in [3.63, 3.8) is 0 Å². The van der Waals surface area contributed by atoms with Crippen molar-refractivity contribution in [1.82, 2.24) is 24.5 Å². The number of imide groups is 1. The van der Waals surface area contributed by atoms with Crippen LogP contribution in [0.15, 0.2) is 73.1 Å². The van der Waals surface area contributed by atoms with Crippen LogP contribution in [-0.4, -0.2) is 103 Å². The van der Waals surface area contributed by atoms with Crippen LogP contribution in [0.4, 0.5) is 30.2 Å². The third kappa shape index (κ3) is 7.55. The Morgan fingerprint density at radius 3 is 2.23 bits per heavy atom. The maximum Gasteiger partial charge on any atom is 0.301 e. The maximum atomic E-state index is 15.8. The van der Waals surface area contributed by atoms with Gasteiger partial charge in [-0.1, -0.05) is 12.1 Å². The topological polar surface area (TPSA) is 168 Å². The molecule has 5 aliphatic rings. The smallest absolute Gasteiger partial charge is 0.301 e. The van der Waals surface area contributed by atoms with Gasteiger partial charge in [0, 0.05) is 98.1 Å². The third-order valence-corrected chi connectivity index (χ3v) is 15.3. The number of pyridine rings is 1. The second-order valence-corrected chi connectivity index (χ2v) is 19.2. The molecule has 18 heteroatoms. The van der Waals surface area contributed by atoms with Crippen molar-refractivity contribution in [1.29, 1.82) is 0 Å². The van der Waals surface area contributed by atoms with Gasteiger partial charge in [-0.2, -0.15) is 12.7 Å². The van der Waals surface area contributed by atoms with Gasteiger partial charge < -0.3 is 19.7 Å². The maximum absolute atomic E-state index is 15.8. The van der Waals surface area contributed by atoms with E-state index in [1.165, 1.54) is 6.20 Å². The number of H-pyrrole nitrogens is 1. The van der Waals surface area contributed by atoms with E-state index in [2.05, 4.69) is 43.3 Å². The first kappa shape index (κ1) is 41.7. The van der Waals surface area contributed by atoms with Crippen molar-refractivity contribution in [2.75, 3.05) is 53.8 Å². The number of aromatic amines is 1. The molecule has 7 heterocycles. The molecule has 0 bridgehead atoms. The van der Waals surface area contributed by atoms with Gasteiger partial charge in [-0.05, 0) is 104 Å². The number of carbonyl (C=O) groups is 4. The average molecular weight is 895 g/mol. The zero-order chi connectivity index (χ0) is 44.5. The lowest BCUT2D eigenvalue weighted by atomic mass is 9.71. The highest BCUT2D eigenvalue weighted by atomic mass is 32.2. The summed E-state index contributed by atoms with van der Waals surface area (Å²) in [6.45, 7) is 3.50. The van der Waals surface area contributed by atoms with Crippen molar-refractivity contribution in [2.45, 2.75) is 63.7 Å². The first-order valence-electron chi connectivity index (χ1n) is 21.6. The van der Waals surface area contributed by atoms with Gasteiger partial charge >= 0.3 is 10.2 Å². The molecule has 0 saturated carbocycles. The molecule has 1 spiro atoms. The molecule has 64 heavy (non-hydrogen) atoms. The zero-order valence-electron chi connectivity index (χ0n) is 34.7. The fourth-order valence-corrected chi connectivity index (χ4v) is 11.3. The first-order chi connectivity index (χ1) is 30.8. The van der Waals surface area contributed by atoms with E-state index in [0.717, 1.165) is 90.8 Å². The molecule has 14 nitrogen and oxygen atoms in total. The number of carbonyl (C=O) groups excluding carboxylic acids is 4. The number of halogens is 3. The summed E-state index contributed by atoms with van der Waals surface area (Å²) in [6, 6.07) is 16.8. The average Bonchev–Trinajstić information content (AvgIpc) is 4.02. The quantitative estimate of drug-likeness (QED) is 0.117. The Kier molecular flexibility index (Phi) is 10.5. The number of benzene rings is 3. The number of nitrogens with one attached hydrogen (secondary N) is 3. The van der Waals surface area contributed by atoms with Gasteiger partial charge in [0.15, 0.2) is 5.82 Å². The minimum Gasteiger partial charge on any atom is -0.371 e. The number of aromatic nitrogens is 2. The summed E-state index contributed by atoms with van der Waals surface area (Å²) in [6.07, 6.45) is 6.40. The number of amides is 3. The summed E-state index contributed by atoms with van der Waals surface area (Å²) in [7, 11) is -4.36. The molecule has 2 aromatic heterocycles. The lowest BCUT2D eigenvalue weighted by Crippen LogP contribution is -2.52. The molecular weight excluding hydrogens is 850 g/mol. The molecule has 5 aliphatic heterocycles. The molecule has 2 atom stereocenters. The summed E-state index contributed by atoms with van der Waals surface area (Å²) >= 11 is 0. The normalized spacial score (nSPS) is 21.5. The van der Waals surface area contributed by atoms with Crippen LogP contribution in [0.2, 0.25) is 0 Å². The Hall–Kier alpha value is -6.27. The van der Waals surface area contributed by atoms with Gasteiger partial charge in [0.05, 0.1) is 11.3 Å². The fraction of sp³-hybridized carbons (Fsp3) is 0.370. The predicted molar refractivity (Wildman–Crippen MR) is 233 cm³/mol. The molecule has 3 aromatic carbocycles. The van der Waals surface area contributed by atoms with Crippen LogP contribution in [0.5, 0.6) is 0 Å². The third-order valence-electron chi connectivity index (χ3n) is 13.9. The SMILES string of the molecule is O=C1CCC(N2Cc3cc(N4CCC5(CCN(c6ccc(-c7cnc8[nH]cc(C(=O)c9c(F)ccc(NS(=O)(=O)N%10CC[C@@H](F)C%10)c9F)c8c7)cc6)CC5)CC4)ccc3C2=O)C(=O)N1. The van der Waals surface area contributed by atoms with Crippen molar-refractivity contribution in [3.05, 3.63) is 107 Å². The Morgan fingerprint density at radius 1 is 0.844 bits per heavy atom. The predicted octanol–water partition coefficient (Wildman–Crippen LogP) is 6.09. The second-order valence-electron chi connectivity index (χ2n) is 17.5. The minimum atomic E-state index is -4.36. The van der Waals surface area contributed by atoms with Crippen molar-refractivity contribution in [2.24, 2.45) is 5.41 Å². The molecule has 0 radical (unpaired) electrons. The highest BCUT2D eigenvalue weighted by molar-refractivity contribution is 7.90. The van der Waals surface area contributed by atoms with Gasteiger partial charge in [-0.3, -0.25) is 29.2 Å². The number of rotatable bonds is 9. The fourth-order valence-electron chi connectivity index (χ4n) is 10.0. The Bertz CT molecular complexity index is 2840. The van der Waals surface area contributed by atoms with E-state index in [9.17, 15) is 32.0 Å². The van der Waals surface area contributed by atoms with E-state index in [4.69, 9.17) is 0 Å². The van der Waals surface area contributed by atoms with Crippen LogP contribution in [0.1, 0.15) is 76.8 Å². The molecule has 3 N–H and O–H groups in total. The Balaban J connectivity index is 0.771. The van der Waals surface area contributed by atoms with Crippen LogP contribution in [-0.2, 0) is 26.3 Å². The second kappa shape index (κ2) is 16.1. The van der Waals surface area contributed by atoms with Crippen molar-refractivity contribution >= 4 is 61.8 Å². The lowest BCUT2D eigenvalue weighted by molar-refractivity contribution is -0.136. The molecule has 4 fully saturated rings. The monoisotopic (exact) mass is 894 g/mol. The molecule has 0 aliphatic carbocycles. The van der Waals surface area contributed by atoms with Crippen LogP contribution in [0.3, 0.4) is 0 Å². The van der Waals surface area contributed by atoms with E-state index in [-0.39, 0.29) is 48.7 Å². The van der Waals surface area contributed by atoms with Crippen LogP contribution in [0.25, 0.3) is 22.2 Å². The van der Waals surface area contributed by atoms with Gasteiger partial charge in [0.25, 0.3) is 5.91 Å². The van der Waals surface area contributed by atoms with E-state index in [0.29, 0.717) is 35.1 Å². The van der Waals surface area contributed by atoms with Gasteiger partial charge in [0.1, 0.15) is 23.7 Å². The number of ketones is 1. The van der Waals surface area contributed by atoms with E-state index in [1.807, 2.05) is 29.0 Å². The number of nitrogens with zero attached hydrogens (tertiary/aromatic N) is 5. The number of piperidine rings is 3. The molecule has 3 amide bonds. The largest absolute Gasteiger partial charge is 0.371 e. The van der Waals surface area contributed by atoms with Crippen LogP contribution >= 0.6 is 0 Å². The number of hydrogen-bond acceptors (Lipinski definition) is 9. The number of alkyl halides is 1. The van der Waals surface area contributed by atoms with Gasteiger partial charge in [0.2, 0.25) is 17.6 Å². The summed E-state index contributed by atoms with van der Waals surface area (Å²) in [5.74, 6) is -4.44. The Morgan fingerprint density at radius 2 is 1.55 bits per heavy atom. The number of anilines is 3. The zero-order valence-corrected chi connectivity index (χ0v) is 35.5. The number of fused-ring (bicyclic) bond motifs is 2. The van der Waals surface area contributed by atoms with E-state index < -0.39 is 57.0 Å². The summed E-state index contributed by atoms with van der Waals surface area (Å²) in [5, 5.41) is 2.69. The van der Waals surface area contributed by atoms with Gasteiger partial charge in [-0.25, -0.2) is 18.2 Å². The molecule has 1 unspecified atom stereocenters. The number of hydrogen-bond donors (Lipinski definition) is 3. The van der Waals surface area contributed by atoms with Gasteiger partial charge in [-0.15, -0.1) is 0 Å². The molecule has 4 saturated heterocycles. The van der Waals surface area contributed by atoms with Crippen molar-refractivity contribution in [3.8, 4) is 11.1 Å². The highest BCUT2D eigenvalue weighted by Crippen LogP contribution is 2.44.